The van der Waals surface area contributed by atoms with Gasteiger partial charge in [-0.15, -0.1) is 0 Å². The third kappa shape index (κ3) is 7.09. The molecule has 2 aliphatic heterocycles. The Bertz CT molecular complexity index is 1700. The van der Waals surface area contributed by atoms with Crippen LogP contribution in [0.3, 0.4) is 0 Å². The molecule has 0 unspecified atom stereocenters. The molecular formula is C30H31FN4O8S. The summed E-state index contributed by atoms with van der Waals surface area (Å²) in [6.45, 7) is 0.826. The lowest BCUT2D eigenvalue weighted by atomic mass is 10.0. The van der Waals surface area contributed by atoms with E-state index in [2.05, 4.69) is 16.0 Å². The van der Waals surface area contributed by atoms with Crippen LogP contribution in [0.25, 0.3) is 0 Å². The summed E-state index contributed by atoms with van der Waals surface area (Å²) in [6, 6.07) is 13.5. The van der Waals surface area contributed by atoms with Crippen molar-refractivity contribution in [3.8, 4) is 17.2 Å². The molecule has 44 heavy (non-hydrogen) atoms. The van der Waals surface area contributed by atoms with Crippen molar-refractivity contribution in [1.82, 2.24) is 14.9 Å². The first kappa shape index (κ1) is 30.8. The number of hydrogen-bond acceptors (Lipinski definition) is 8. The molecule has 0 aliphatic carbocycles. The minimum absolute atomic E-state index is 0.00187. The number of piperidine rings is 1. The van der Waals surface area contributed by atoms with Crippen molar-refractivity contribution in [1.29, 1.82) is 0 Å². The molecule has 3 aromatic carbocycles. The topological polar surface area (TPSA) is 152 Å². The molecule has 3 aromatic rings. The van der Waals surface area contributed by atoms with Crippen LogP contribution in [0.5, 0.6) is 17.2 Å². The maximum Gasteiger partial charge on any atom is 0.258 e. The van der Waals surface area contributed by atoms with Crippen molar-refractivity contribution >= 4 is 33.4 Å². The summed E-state index contributed by atoms with van der Waals surface area (Å²) in [4.78, 5) is 37.4. The van der Waals surface area contributed by atoms with Gasteiger partial charge in [0.1, 0.15) is 17.7 Å². The Morgan fingerprint density at radius 2 is 1.93 bits per heavy atom. The van der Waals surface area contributed by atoms with Crippen LogP contribution in [0.15, 0.2) is 65.6 Å². The predicted molar refractivity (Wildman–Crippen MR) is 157 cm³/mol. The minimum Gasteiger partial charge on any atom is -0.493 e. The summed E-state index contributed by atoms with van der Waals surface area (Å²) in [5, 5.41) is 8.11. The van der Waals surface area contributed by atoms with Crippen molar-refractivity contribution in [2.24, 2.45) is 0 Å². The number of nitrogens with one attached hydrogen (secondary N) is 3. The Balaban J connectivity index is 1.48. The zero-order valence-electron chi connectivity index (χ0n) is 24.0. The van der Waals surface area contributed by atoms with E-state index >= 15 is 0 Å². The summed E-state index contributed by atoms with van der Waals surface area (Å²) >= 11 is 0. The highest BCUT2D eigenvalue weighted by molar-refractivity contribution is 7.89. The zero-order chi connectivity index (χ0) is 31.4. The molecule has 0 aromatic heterocycles. The number of halogens is 1. The SMILES string of the molecule is COc1ccc2cc1OCC(=O)NCc1cc(F)cc(c1)O[C@@H]1CCN(S(=O)(=O)c3cccc(NC(C)=O)c3)C[C@@H]1NC2=O. The highest BCUT2D eigenvalue weighted by Gasteiger charge is 2.38. The molecule has 3 amide bonds. The molecule has 2 atom stereocenters. The van der Waals surface area contributed by atoms with Crippen molar-refractivity contribution in [2.75, 3.05) is 32.1 Å². The Morgan fingerprint density at radius 3 is 2.70 bits per heavy atom. The molecule has 5 rings (SSSR count). The quantitative estimate of drug-likeness (QED) is 0.400. The van der Waals surface area contributed by atoms with Gasteiger partial charge >= 0.3 is 0 Å². The molecular weight excluding hydrogens is 595 g/mol. The fraction of sp³-hybridized carbons (Fsp3) is 0.300. The fourth-order valence-corrected chi connectivity index (χ4v) is 6.56. The fourth-order valence-electron chi connectivity index (χ4n) is 5.03. The summed E-state index contributed by atoms with van der Waals surface area (Å²) in [5.41, 5.74) is 0.924. The number of methoxy groups -OCH3 is 1. The van der Waals surface area contributed by atoms with E-state index in [0.717, 1.165) is 0 Å². The van der Waals surface area contributed by atoms with E-state index in [0.29, 0.717) is 17.0 Å². The molecule has 2 heterocycles. The van der Waals surface area contributed by atoms with Crippen LogP contribution in [0.2, 0.25) is 0 Å². The number of anilines is 1. The van der Waals surface area contributed by atoms with Crippen LogP contribution in [0.1, 0.15) is 29.3 Å². The molecule has 14 heteroatoms. The number of benzene rings is 3. The van der Waals surface area contributed by atoms with Gasteiger partial charge in [-0.05, 0) is 54.1 Å². The van der Waals surface area contributed by atoms with Gasteiger partial charge in [-0.1, -0.05) is 6.07 Å². The predicted octanol–water partition coefficient (Wildman–Crippen LogP) is 2.44. The number of sulfonamides is 1. The van der Waals surface area contributed by atoms with E-state index in [-0.39, 0.29) is 60.5 Å². The highest BCUT2D eigenvalue weighted by Crippen LogP contribution is 2.30. The van der Waals surface area contributed by atoms with Crippen molar-refractivity contribution in [3.63, 3.8) is 0 Å². The van der Waals surface area contributed by atoms with Gasteiger partial charge in [0.2, 0.25) is 15.9 Å². The lowest BCUT2D eigenvalue weighted by Crippen LogP contribution is -2.58. The summed E-state index contributed by atoms with van der Waals surface area (Å²) in [7, 11) is -2.63. The smallest absolute Gasteiger partial charge is 0.258 e. The zero-order valence-corrected chi connectivity index (χ0v) is 24.8. The first-order valence-corrected chi connectivity index (χ1v) is 15.2. The average Bonchev–Trinajstić information content (AvgIpc) is 2.98. The van der Waals surface area contributed by atoms with Crippen molar-refractivity contribution < 1.29 is 41.4 Å². The molecule has 1 fully saturated rings. The molecule has 1 saturated heterocycles. The van der Waals surface area contributed by atoms with E-state index in [1.807, 2.05) is 0 Å². The van der Waals surface area contributed by atoms with Crippen molar-refractivity contribution in [2.45, 2.75) is 36.9 Å². The second-order valence-corrected chi connectivity index (χ2v) is 12.3. The lowest BCUT2D eigenvalue weighted by Gasteiger charge is -2.38. The first-order chi connectivity index (χ1) is 21.0. The van der Waals surface area contributed by atoms with E-state index in [4.69, 9.17) is 14.2 Å². The normalized spacial score (nSPS) is 19.3. The van der Waals surface area contributed by atoms with E-state index in [1.54, 1.807) is 12.1 Å². The van der Waals surface area contributed by atoms with Crippen LogP contribution in [0.4, 0.5) is 10.1 Å². The van der Waals surface area contributed by atoms with Gasteiger partial charge in [-0.2, -0.15) is 4.31 Å². The largest absolute Gasteiger partial charge is 0.493 e. The van der Waals surface area contributed by atoms with Crippen LogP contribution >= 0.6 is 0 Å². The minimum atomic E-state index is -4.05. The maximum atomic E-state index is 14.5. The lowest BCUT2D eigenvalue weighted by molar-refractivity contribution is -0.123. The number of carbonyl (C=O) groups excluding carboxylic acids is 3. The van der Waals surface area contributed by atoms with Crippen LogP contribution in [-0.2, 0) is 26.2 Å². The molecule has 232 valence electrons. The van der Waals surface area contributed by atoms with Crippen molar-refractivity contribution in [3.05, 3.63) is 77.6 Å². The number of fused-ring (bicyclic) bond motifs is 5. The summed E-state index contributed by atoms with van der Waals surface area (Å²) in [6.07, 6.45) is -0.572. The number of ether oxygens (including phenoxy) is 3. The third-order valence-electron chi connectivity index (χ3n) is 7.11. The molecule has 0 saturated carbocycles. The Kier molecular flexibility index (Phi) is 9.01. The van der Waals surface area contributed by atoms with Gasteiger partial charge in [0.15, 0.2) is 18.1 Å². The van der Waals surface area contributed by atoms with Gasteiger partial charge in [0.25, 0.3) is 11.8 Å². The molecule has 0 radical (unpaired) electrons. The van der Waals surface area contributed by atoms with Gasteiger partial charge in [0, 0.05) is 50.3 Å². The molecule has 2 aliphatic rings. The summed E-state index contributed by atoms with van der Waals surface area (Å²) < 4.78 is 60.2. The van der Waals surface area contributed by atoms with Crippen LogP contribution in [0, 0.1) is 5.82 Å². The van der Waals surface area contributed by atoms with E-state index in [9.17, 15) is 27.2 Å². The standard InChI is InChI=1S/C30H31FN4O8S/c1-18(36)33-22-4-3-5-24(14-22)44(39,40)35-9-8-26-25(16-35)34-30(38)20-6-7-27(41-2)28(12-20)42-17-29(37)32-15-19-10-21(31)13-23(11-19)43-26/h3-7,10-14,25-26H,8-9,15-17H2,1-2H3,(H,32,37)(H,33,36)(H,34,38)/t25-,26+/m0/s1. The second-order valence-electron chi connectivity index (χ2n) is 10.3. The Labute approximate surface area is 253 Å². The monoisotopic (exact) mass is 626 g/mol. The highest BCUT2D eigenvalue weighted by atomic mass is 32.2. The Hall–Kier alpha value is -4.69. The van der Waals surface area contributed by atoms with Gasteiger partial charge < -0.3 is 30.2 Å². The Morgan fingerprint density at radius 1 is 1.11 bits per heavy atom. The van der Waals surface area contributed by atoms with Gasteiger partial charge in [-0.25, -0.2) is 12.8 Å². The van der Waals surface area contributed by atoms with E-state index < -0.39 is 39.8 Å². The van der Waals surface area contributed by atoms with E-state index in [1.165, 1.54) is 66.9 Å². The average molecular weight is 627 g/mol. The second kappa shape index (κ2) is 12.9. The van der Waals surface area contributed by atoms with Gasteiger partial charge in [0.05, 0.1) is 18.0 Å². The molecule has 12 nitrogen and oxygen atoms in total. The summed E-state index contributed by atoms with van der Waals surface area (Å²) in [5.74, 6) is -1.37. The van der Waals surface area contributed by atoms with Crippen LogP contribution < -0.4 is 30.2 Å². The number of carbonyl (C=O) groups is 3. The maximum absolute atomic E-state index is 14.5. The first-order valence-electron chi connectivity index (χ1n) is 13.7. The number of rotatable bonds is 4. The molecule has 3 N–H and O–H groups in total. The molecule has 4 bridgehead atoms. The molecule has 0 spiro atoms. The third-order valence-corrected chi connectivity index (χ3v) is 8.97. The number of amides is 3. The number of nitrogens with zero attached hydrogens (tertiary/aromatic N) is 1. The van der Waals surface area contributed by atoms with Crippen LogP contribution in [-0.4, -0.2) is 69.4 Å². The van der Waals surface area contributed by atoms with Gasteiger partial charge in [-0.3, -0.25) is 14.4 Å². The number of hydrogen-bond donors (Lipinski definition) is 3.